The van der Waals surface area contributed by atoms with Crippen LogP contribution in [0.1, 0.15) is 12.1 Å². The van der Waals surface area contributed by atoms with Gasteiger partial charge < -0.3 is 25.0 Å². The number of phenolic OH excluding ortho intramolecular Hbond substituents is 1. The number of likely N-dealkylation sites (N-methyl/N-ethyl adjacent to an activating group) is 1. The number of hydrogen-bond donors (Lipinski definition) is 3. The van der Waals surface area contributed by atoms with Crippen molar-refractivity contribution < 1.29 is 9.84 Å². The van der Waals surface area contributed by atoms with Crippen LogP contribution < -0.4 is 10.1 Å². The van der Waals surface area contributed by atoms with Crippen LogP contribution in [0, 0.1) is 0 Å². The number of methoxy groups -OCH3 is 1. The number of nitrogens with one attached hydrogen (secondary N) is 2. The number of hydrogen-bond acceptors (Lipinski definition) is 5. The summed E-state index contributed by atoms with van der Waals surface area (Å²) < 4.78 is 5.24. The summed E-state index contributed by atoms with van der Waals surface area (Å²) in [7, 11) is 3.66. The number of aromatic hydroxyl groups is 1. The fourth-order valence-corrected chi connectivity index (χ4v) is 3.50. The zero-order valence-corrected chi connectivity index (χ0v) is 16.0. The second-order valence-electron chi connectivity index (χ2n) is 6.67. The van der Waals surface area contributed by atoms with Gasteiger partial charge in [-0.3, -0.25) is 0 Å². The molecule has 1 aliphatic rings. The van der Waals surface area contributed by atoms with E-state index >= 15 is 0 Å². The first-order chi connectivity index (χ1) is 13.0. The molecule has 3 heterocycles. The molecule has 7 heteroatoms. The molecule has 0 saturated heterocycles. The molecule has 3 N–H and O–H groups in total. The van der Waals surface area contributed by atoms with Crippen molar-refractivity contribution >= 4 is 39.6 Å². The molecule has 27 heavy (non-hydrogen) atoms. The first kappa shape index (κ1) is 17.7. The van der Waals surface area contributed by atoms with Gasteiger partial charge in [0.1, 0.15) is 17.1 Å². The second-order valence-corrected chi connectivity index (χ2v) is 7.08. The number of anilines is 2. The van der Waals surface area contributed by atoms with Crippen molar-refractivity contribution in [2.24, 2.45) is 0 Å². The number of H-pyrrole nitrogens is 1. The van der Waals surface area contributed by atoms with Gasteiger partial charge in [0, 0.05) is 42.5 Å². The molecule has 0 aliphatic carbocycles. The van der Waals surface area contributed by atoms with Crippen molar-refractivity contribution in [3.05, 3.63) is 47.3 Å². The van der Waals surface area contributed by atoms with Gasteiger partial charge in [-0.25, -0.2) is 4.98 Å². The van der Waals surface area contributed by atoms with Crippen LogP contribution in [0.25, 0.3) is 16.6 Å². The van der Waals surface area contributed by atoms with E-state index in [1.165, 1.54) is 11.6 Å². The number of halogens is 1. The van der Waals surface area contributed by atoms with E-state index in [2.05, 4.69) is 39.4 Å². The minimum absolute atomic E-state index is 0.0551. The zero-order valence-electron chi connectivity index (χ0n) is 15.2. The molecule has 0 spiro atoms. The van der Waals surface area contributed by atoms with E-state index in [1.807, 2.05) is 6.07 Å². The fraction of sp³-hybridized carbons (Fsp3) is 0.250. The fourth-order valence-electron chi connectivity index (χ4n) is 3.27. The van der Waals surface area contributed by atoms with Crippen molar-refractivity contribution in [3.63, 3.8) is 0 Å². The van der Waals surface area contributed by atoms with Gasteiger partial charge in [0.15, 0.2) is 0 Å². The van der Waals surface area contributed by atoms with E-state index < -0.39 is 0 Å². The lowest BCUT2D eigenvalue weighted by Gasteiger charge is -2.21. The van der Waals surface area contributed by atoms with E-state index in [-0.39, 0.29) is 5.75 Å². The molecule has 3 aromatic rings. The van der Waals surface area contributed by atoms with Crippen LogP contribution in [-0.2, 0) is 0 Å². The average Bonchev–Trinajstić information content (AvgIpc) is 3.09. The molecule has 4 rings (SSSR count). The van der Waals surface area contributed by atoms with Crippen molar-refractivity contribution in [3.8, 4) is 11.5 Å². The highest BCUT2D eigenvalue weighted by Crippen LogP contribution is 2.38. The normalized spacial score (nSPS) is 15.0. The topological polar surface area (TPSA) is 73.4 Å². The first-order valence-corrected chi connectivity index (χ1v) is 9.12. The lowest BCUT2D eigenvalue weighted by atomic mass is 10.1. The molecular formula is C20H21ClN4O2. The highest BCUT2D eigenvalue weighted by molar-refractivity contribution is 6.32. The van der Waals surface area contributed by atoms with Crippen molar-refractivity contribution in [2.45, 2.75) is 6.42 Å². The number of aromatic amines is 1. The number of pyridine rings is 1. The molecule has 0 amide bonds. The van der Waals surface area contributed by atoms with Gasteiger partial charge in [-0.2, -0.15) is 0 Å². The van der Waals surface area contributed by atoms with Crippen LogP contribution >= 0.6 is 11.6 Å². The first-order valence-electron chi connectivity index (χ1n) is 8.74. The van der Waals surface area contributed by atoms with Crippen LogP contribution in [0.15, 0.2) is 36.5 Å². The summed E-state index contributed by atoms with van der Waals surface area (Å²) in [4.78, 5) is 10.1. The minimum atomic E-state index is 0.0551. The molecule has 0 unspecified atom stereocenters. The van der Waals surface area contributed by atoms with Gasteiger partial charge in [-0.15, -0.1) is 0 Å². The Hall–Kier alpha value is -2.70. The smallest absolute Gasteiger partial charge is 0.140 e. The summed E-state index contributed by atoms with van der Waals surface area (Å²) in [6.45, 7) is 1.99. The van der Waals surface area contributed by atoms with Gasteiger partial charge in [-0.1, -0.05) is 17.7 Å². The molecule has 0 bridgehead atoms. The molecule has 1 aromatic carbocycles. The molecule has 0 fully saturated rings. The van der Waals surface area contributed by atoms with Gasteiger partial charge in [0.2, 0.25) is 0 Å². The molecule has 0 saturated carbocycles. The summed E-state index contributed by atoms with van der Waals surface area (Å²) in [5.41, 5.74) is 4.54. The predicted molar refractivity (Wildman–Crippen MR) is 109 cm³/mol. The van der Waals surface area contributed by atoms with E-state index in [0.717, 1.165) is 41.9 Å². The minimum Gasteiger partial charge on any atom is -0.506 e. The maximum Gasteiger partial charge on any atom is 0.140 e. The number of fused-ring (bicyclic) bond motifs is 1. The summed E-state index contributed by atoms with van der Waals surface area (Å²) in [6, 6.07) is 7.12. The van der Waals surface area contributed by atoms with Crippen LogP contribution in [0.5, 0.6) is 11.5 Å². The summed E-state index contributed by atoms with van der Waals surface area (Å²) in [5.74, 6) is 0.549. The monoisotopic (exact) mass is 384 g/mol. The van der Waals surface area contributed by atoms with Crippen LogP contribution in [0.4, 0.5) is 11.4 Å². The number of rotatable bonds is 4. The molecule has 2 aromatic heterocycles. The van der Waals surface area contributed by atoms with E-state index in [4.69, 9.17) is 16.3 Å². The highest BCUT2D eigenvalue weighted by Gasteiger charge is 2.15. The van der Waals surface area contributed by atoms with Crippen LogP contribution in [-0.4, -0.2) is 47.2 Å². The quantitative estimate of drug-likeness (QED) is 0.582. The lowest BCUT2D eigenvalue weighted by molar-refractivity contribution is 0.370. The van der Waals surface area contributed by atoms with Gasteiger partial charge in [0.25, 0.3) is 0 Å². The van der Waals surface area contributed by atoms with Crippen molar-refractivity contribution in [2.75, 3.05) is 32.6 Å². The Morgan fingerprint density at radius 3 is 2.89 bits per heavy atom. The Balaban J connectivity index is 1.71. The number of phenols is 1. The van der Waals surface area contributed by atoms with Gasteiger partial charge in [0.05, 0.1) is 23.5 Å². The summed E-state index contributed by atoms with van der Waals surface area (Å²) in [5, 5.41) is 14.8. The highest BCUT2D eigenvalue weighted by atomic mass is 35.5. The largest absolute Gasteiger partial charge is 0.506 e. The maximum absolute atomic E-state index is 10.2. The number of benzene rings is 1. The molecule has 1 aliphatic heterocycles. The third kappa shape index (κ3) is 3.46. The van der Waals surface area contributed by atoms with Crippen LogP contribution in [0.3, 0.4) is 0 Å². The Morgan fingerprint density at radius 2 is 2.15 bits per heavy atom. The van der Waals surface area contributed by atoms with E-state index in [1.54, 1.807) is 19.4 Å². The molecular weight excluding hydrogens is 364 g/mol. The Kier molecular flexibility index (Phi) is 4.68. The maximum atomic E-state index is 10.2. The van der Waals surface area contributed by atoms with Crippen LogP contribution in [0.2, 0.25) is 5.02 Å². The number of nitrogens with zero attached hydrogens (tertiary/aromatic N) is 2. The number of aromatic nitrogens is 2. The van der Waals surface area contributed by atoms with Crippen molar-refractivity contribution in [1.29, 1.82) is 0 Å². The third-order valence-corrected chi connectivity index (χ3v) is 5.12. The predicted octanol–water partition coefficient (Wildman–Crippen LogP) is 4.39. The standard InChI is InChI=1S/C20H21ClN4O2/c1-25-7-4-12(5-8-25)16-9-13-15(3-6-22-20(13)24-16)23-17-11-19(27-2)14(21)10-18(17)26/h3-4,6,9-11,26H,5,7-8H2,1-2H3,(H2,22,23,24). The summed E-state index contributed by atoms with van der Waals surface area (Å²) >= 11 is 6.06. The molecule has 6 nitrogen and oxygen atoms in total. The van der Waals surface area contributed by atoms with Gasteiger partial charge in [-0.05, 0) is 31.2 Å². The number of ether oxygens (including phenoxy) is 1. The SMILES string of the molecule is COc1cc(Nc2ccnc3[nH]c(C4=CCN(C)CC4)cc23)c(O)cc1Cl. The average molecular weight is 385 g/mol. The Morgan fingerprint density at radius 1 is 1.30 bits per heavy atom. The lowest BCUT2D eigenvalue weighted by Crippen LogP contribution is -2.23. The Labute approximate surface area is 162 Å². The summed E-state index contributed by atoms with van der Waals surface area (Å²) in [6.07, 6.45) is 4.98. The molecule has 0 radical (unpaired) electrons. The van der Waals surface area contributed by atoms with E-state index in [9.17, 15) is 5.11 Å². The Bertz CT molecular complexity index is 1030. The van der Waals surface area contributed by atoms with Crippen molar-refractivity contribution in [1.82, 2.24) is 14.9 Å². The van der Waals surface area contributed by atoms with Gasteiger partial charge >= 0.3 is 0 Å². The van der Waals surface area contributed by atoms with E-state index in [0.29, 0.717) is 16.5 Å². The second kappa shape index (κ2) is 7.13. The molecule has 0 atom stereocenters. The third-order valence-electron chi connectivity index (χ3n) is 4.83. The molecule has 140 valence electrons. The zero-order chi connectivity index (χ0) is 19.0.